The van der Waals surface area contributed by atoms with Crippen molar-refractivity contribution in [2.24, 2.45) is 0 Å². The van der Waals surface area contributed by atoms with E-state index in [2.05, 4.69) is 0 Å². The molecule has 3 rings (SSSR count). The maximum atomic E-state index is 10.7. The van der Waals surface area contributed by atoms with Gasteiger partial charge in [-0.2, -0.15) is 0 Å². The molecule has 1 aliphatic rings. The van der Waals surface area contributed by atoms with Crippen LogP contribution in [0.3, 0.4) is 0 Å². The summed E-state index contributed by atoms with van der Waals surface area (Å²) < 4.78 is 23.5. The van der Waals surface area contributed by atoms with E-state index >= 15 is 0 Å². The van der Waals surface area contributed by atoms with E-state index in [1.807, 2.05) is 50.2 Å². The van der Waals surface area contributed by atoms with Crippen molar-refractivity contribution >= 4 is 23.2 Å². The van der Waals surface area contributed by atoms with Gasteiger partial charge in [-0.15, -0.1) is 0 Å². The van der Waals surface area contributed by atoms with Gasteiger partial charge in [0.1, 0.15) is 18.3 Å². The molecule has 0 bridgehead atoms. The summed E-state index contributed by atoms with van der Waals surface area (Å²) in [5.74, 6) is 0. The van der Waals surface area contributed by atoms with E-state index in [0.29, 0.717) is 29.9 Å². The van der Waals surface area contributed by atoms with Crippen LogP contribution in [0.15, 0.2) is 48.5 Å². The molecule has 1 saturated heterocycles. The first-order chi connectivity index (χ1) is 14.0. The number of aliphatic hydroxyl groups excluding tert-OH is 1. The van der Waals surface area contributed by atoms with Crippen molar-refractivity contribution < 1.29 is 24.1 Å². The van der Waals surface area contributed by atoms with Gasteiger partial charge in [0.2, 0.25) is 0 Å². The minimum atomic E-state index is -0.908. The number of halogens is 2. The Bertz CT molecular complexity index is 753. The average Bonchev–Trinajstić information content (AvgIpc) is 3.03. The molecule has 0 radical (unpaired) electrons. The molecule has 1 aliphatic heterocycles. The van der Waals surface area contributed by atoms with Crippen molar-refractivity contribution in [3.8, 4) is 0 Å². The van der Waals surface area contributed by atoms with Gasteiger partial charge in [0.15, 0.2) is 6.29 Å². The summed E-state index contributed by atoms with van der Waals surface area (Å²) in [4.78, 5) is 0. The second-order valence-corrected chi connectivity index (χ2v) is 7.83. The third kappa shape index (κ3) is 6.15. The summed E-state index contributed by atoms with van der Waals surface area (Å²) in [7, 11) is 0. The lowest BCUT2D eigenvalue weighted by Gasteiger charge is -2.26. The summed E-state index contributed by atoms with van der Waals surface area (Å²) in [6.07, 6.45) is -3.03. The van der Waals surface area contributed by atoms with Crippen LogP contribution in [-0.2, 0) is 32.2 Å². The molecule has 158 valence electrons. The average molecular weight is 441 g/mol. The molecule has 0 aliphatic carbocycles. The summed E-state index contributed by atoms with van der Waals surface area (Å²) >= 11 is 11.9. The minimum absolute atomic E-state index is 0.319. The van der Waals surface area contributed by atoms with E-state index in [0.717, 1.165) is 11.1 Å². The second kappa shape index (κ2) is 10.7. The van der Waals surface area contributed by atoms with Crippen LogP contribution >= 0.6 is 23.2 Å². The Kier molecular flexibility index (Phi) is 8.33. The fourth-order valence-electron chi connectivity index (χ4n) is 3.21. The number of rotatable bonds is 9. The van der Waals surface area contributed by atoms with E-state index in [1.165, 1.54) is 0 Å². The largest absolute Gasteiger partial charge is 0.385 e. The molecule has 29 heavy (non-hydrogen) atoms. The molecule has 5 nitrogen and oxygen atoms in total. The molecule has 7 heteroatoms. The summed E-state index contributed by atoms with van der Waals surface area (Å²) in [6.45, 7) is 4.91. The molecule has 0 amide bonds. The fourth-order valence-corrected chi connectivity index (χ4v) is 3.46. The molecule has 2 aromatic carbocycles. The van der Waals surface area contributed by atoms with Gasteiger partial charge >= 0.3 is 0 Å². The zero-order valence-electron chi connectivity index (χ0n) is 16.5. The first kappa shape index (κ1) is 22.5. The van der Waals surface area contributed by atoms with Crippen LogP contribution in [0.4, 0.5) is 0 Å². The highest BCUT2D eigenvalue weighted by Crippen LogP contribution is 2.29. The lowest BCUT2D eigenvalue weighted by molar-refractivity contribution is -0.180. The topological polar surface area (TPSA) is 57.2 Å². The van der Waals surface area contributed by atoms with E-state index in [9.17, 15) is 5.11 Å². The SMILES string of the molecule is CCOC1O[C@H]([C@@H](C)OCc2ccc(Cl)cc2)[C@H](OCc2ccc(Cl)cc2)[C@H]1O. The molecule has 1 heterocycles. The predicted octanol–water partition coefficient (Wildman–Crippen LogP) is 4.61. The predicted molar refractivity (Wildman–Crippen MR) is 112 cm³/mol. The maximum Gasteiger partial charge on any atom is 0.186 e. The highest BCUT2D eigenvalue weighted by atomic mass is 35.5. The van der Waals surface area contributed by atoms with Crippen molar-refractivity contribution in [3.63, 3.8) is 0 Å². The molecule has 0 spiro atoms. The van der Waals surface area contributed by atoms with Crippen molar-refractivity contribution in [2.45, 2.75) is 57.8 Å². The number of benzene rings is 2. The molecule has 2 aromatic rings. The lowest BCUT2D eigenvalue weighted by atomic mass is 10.1. The summed E-state index contributed by atoms with van der Waals surface area (Å²) in [5, 5.41) is 12.0. The van der Waals surface area contributed by atoms with Gasteiger partial charge in [-0.05, 0) is 49.2 Å². The van der Waals surface area contributed by atoms with Gasteiger partial charge in [-0.25, -0.2) is 0 Å². The fraction of sp³-hybridized carbons (Fsp3) is 0.455. The van der Waals surface area contributed by atoms with Gasteiger partial charge in [0.05, 0.1) is 19.3 Å². The molecule has 1 unspecified atom stereocenters. The van der Waals surface area contributed by atoms with E-state index in [4.69, 9.17) is 42.1 Å². The molecular weight excluding hydrogens is 415 g/mol. The summed E-state index contributed by atoms with van der Waals surface area (Å²) in [5.41, 5.74) is 1.95. The lowest BCUT2D eigenvalue weighted by Crippen LogP contribution is -2.41. The standard InChI is InChI=1S/C22H26Cl2O5/c1-3-26-22-19(25)21(28-13-16-6-10-18(24)11-7-16)20(29-22)14(2)27-12-15-4-8-17(23)9-5-15/h4-11,14,19-22,25H,3,12-13H2,1-2H3/t14-,19-,20-,21-,22?/m1/s1. The van der Waals surface area contributed by atoms with Gasteiger partial charge < -0.3 is 24.1 Å². The van der Waals surface area contributed by atoms with Gasteiger partial charge in [-0.1, -0.05) is 47.5 Å². The molecule has 1 N–H and O–H groups in total. The Morgan fingerprint density at radius 1 is 0.931 bits per heavy atom. The smallest absolute Gasteiger partial charge is 0.186 e. The van der Waals surface area contributed by atoms with Crippen molar-refractivity contribution in [1.82, 2.24) is 0 Å². The highest BCUT2D eigenvalue weighted by Gasteiger charge is 2.47. The number of hydrogen-bond acceptors (Lipinski definition) is 5. The molecule has 0 aromatic heterocycles. The van der Waals surface area contributed by atoms with Gasteiger partial charge in [0.25, 0.3) is 0 Å². The van der Waals surface area contributed by atoms with Crippen LogP contribution in [0, 0.1) is 0 Å². The Hall–Kier alpha value is -1.18. The third-order valence-corrected chi connectivity index (χ3v) is 5.31. The quantitative estimate of drug-likeness (QED) is 0.616. The van der Waals surface area contributed by atoms with Crippen LogP contribution in [0.25, 0.3) is 0 Å². The minimum Gasteiger partial charge on any atom is -0.385 e. The normalized spacial score (nSPS) is 25.3. The van der Waals surface area contributed by atoms with Crippen LogP contribution in [-0.4, -0.2) is 42.4 Å². The molecular formula is C22H26Cl2O5. The second-order valence-electron chi connectivity index (χ2n) is 6.96. The van der Waals surface area contributed by atoms with Crippen LogP contribution < -0.4 is 0 Å². The zero-order valence-corrected chi connectivity index (χ0v) is 18.0. The van der Waals surface area contributed by atoms with Crippen LogP contribution in [0.2, 0.25) is 10.0 Å². The highest BCUT2D eigenvalue weighted by molar-refractivity contribution is 6.30. The van der Waals surface area contributed by atoms with Crippen molar-refractivity contribution in [3.05, 3.63) is 69.7 Å². The maximum absolute atomic E-state index is 10.7. The third-order valence-electron chi connectivity index (χ3n) is 4.81. The van der Waals surface area contributed by atoms with Crippen LogP contribution in [0.5, 0.6) is 0 Å². The van der Waals surface area contributed by atoms with Gasteiger partial charge in [0, 0.05) is 16.7 Å². The van der Waals surface area contributed by atoms with Crippen LogP contribution in [0.1, 0.15) is 25.0 Å². The first-order valence-corrected chi connectivity index (χ1v) is 10.4. The van der Waals surface area contributed by atoms with Crippen molar-refractivity contribution in [2.75, 3.05) is 6.61 Å². The van der Waals surface area contributed by atoms with E-state index < -0.39 is 24.6 Å². The zero-order chi connectivity index (χ0) is 20.8. The van der Waals surface area contributed by atoms with E-state index in [-0.39, 0.29) is 6.10 Å². The molecule has 0 saturated carbocycles. The Balaban J connectivity index is 1.63. The van der Waals surface area contributed by atoms with Crippen molar-refractivity contribution in [1.29, 1.82) is 0 Å². The Labute approximate surface area is 181 Å². The molecule has 5 atom stereocenters. The number of ether oxygens (including phenoxy) is 4. The molecule has 1 fully saturated rings. The first-order valence-electron chi connectivity index (χ1n) is 9.65. The van der Waals surface area contributed by atoms with E-state index in [1.54, 1.807) is 12.1 Å². The number of hydrogen-bond donors (Lipinski definition) is 1. The Morgan fingerprint density at radius 2 is 1.48 bits per heavy atom. The monoisotopic (exact) mass is 440 g/mol. The van der Waals surface area contributed by atoms with Gasteiger partial charge in [-0.3, -0.25) is 0 Å². The number of aliphatic hydroxyl groups is 1. The Morgan fingerprint density at radius 3 is 2.03 bits per heavy atom. The summed E-state index contributed by atoms with van der Waals surface area (Å²) in [6, 6.07) is 14.9.